The molecule has 3 aromatic rings. The first-order valence-electron chi connectivity index (χ1n) is 11.5. The summed E-state index contributed by atoms with van der Waals surface area (Å²) in [6.45, 7) is 13.8. The second-order valence-electron chi connectivity index (χ2n) is 9.70. The van der Waals surface area contributed by atoms with E-state index >= 15 is 0 Å². The molecule has 3 heteroatoms. The van der Waals surface area contributed by atoms with E-state index in [-0.39, 0.29) is 11.5 Å². The summed E-state index contributed by atoms with van der Waals surface area (Å²) in [5, 5.41) is 3.66. The molecule has 0 aliphatic carbocycles. The van der Waals surface area contributed by atoms with E-state index in [0.717, 1.165) is 34.9 Å². The third-order valence-electron chi connectivity index (χ3n) is 6.73. The van der Waals surface area contributed by atoms with Crippen molar-refractivity contribution in [2.24, 2.45) is 0 Å². The Balaban J connectivity index is 1.83. The van der Waals surface area contributed by atoms with Crippen LogP contribution in [0, 0.1) is 13.8 Å². The van der Waals surface area contributed by atoms with Crippen molar-refractivity contribution < 1.29 is 9.47 Å². The van der Waals surface area contributed by atoms with Gasteiger partial charge in [-0.1, -0.05) is 68.4 Å². The van der Waals surface area contributed by atoms with Gasteiger partial charge in [-0.3, -0.25) is 0 Å². The summed E-state index contributed by atoms with van der Waals surface area (Å²) in [7, 11) is 1.76. The van der Waals surface area contributed by atoms with E-state index < -0.39 is 0 Å². The van der Waals surface area contributed by atoms with Crippen molar-refractivity contribution in [3.8, 4) is 11.5 Å². The average Bonchev–Trinajstić information content (AvgIpc) is 3.05. The predicted octanol–water partition coefficient (Wildman–Crippen LogP) is 7.35. The first-order valence-corrected chi connectivity index (χ1v) is 11.5. The molecule has 4 rings (SSSR count). The summed E-state index contributed by atoms with van der Waals surface area (Å²) in [6, 6.07) is 19.5. The summed E-state index contributed by atoms with van der Waals surface area (Å²) < 4.78 is 12.6. The fraction of sp³-hybridized carbons (Fsp3) is 0.379. The third-order valence-corrected chi connectivity index (χ3v) is 6.73. The van der Waals surface area contributed by atoms with Gasteiger partial charge >= 0.3 is 0 Å². The van der Waals surface area contributed by atoms with Gasteiger partial charge in [0.2, 0.25) is 0 Å². The van der Waals surface area contributed by atoms with Gasteiger partial charge in [0.05, 0.1) is 18.7 Å². The molecule has 1 heterocycles. The highest BCUT2D eigenvalue weighted by Gasteiger charge is 2.45. The highest BCUT2D eigenvalue weighted by molar-refractivity contribution is 5.75. The molecule has 0 saturated carbocycles. The minimum atomic E-state index is -0.367. The molecule has 0 amide bonds. The molecule has 3 aromatic carbocycles. The first-order chi connectivity index (χ1) is 15.2. The molecule has 0 radical (unpaired) electrons. The van der Waals surface area contributed by atoms with Crippen molar-refractivity contribution in [2.45, 2.75) is 65.5 Å². The van der Waals surface area contributed by atoms with E-state index in [1.165, 1.54) is 22.3 Å². The Hall–Kier alpha value is -2.94. The van der Waals surface area contributed by atoms with Crippen LogP contribution in [0.1, 0.15) is 72.9 Å². The largest absolute Gasteiger partial charge is 0.496 e. The van der Waals surface area contributed by atoms with Gasteiger partial charge in [0.15, 0.2) is 0 Å². The van der Waals surface area contributed by atoms with Gasteiger partial charge in [0.25, 0.3) is 0 Å². The Morgan fingerprint density at radius 3 is 2.22 bits per heavy atom. The van der Waals surface area contributed by atoms with Crippen LogP contribution in [0.25, 0.3) is 0 Å². The second kappa shape index (κ2) is 8.54. The van der Waals surface area contributed by atoms with Gasteiger partial charge < -0.3 is 14.8 Å². The monoisotopic (exact) mass is 429 g/mol. The standard InChI is InChI=1S/C29H35NO2/c1-18(2)22-13-15-23(16-14-22)25-24-19(3)27(31-7)20(4)26(28(24)32-29(25,5)6)30-17-21-11-9-8-10-12-21/h8-16,18,25,30H,17H2,1-7H3. The number of hydrogen-bond donors (Lipinski definition) is 1. The summed E-state index contributed by atoms with van der Waals surface area (Å²) in [6.07, 6.45) is 0. The maximum Gasteiger partial charge on any atom is 0.148 e. The molecule has 1 aliphatic rings. The molecular weight excluding hydrogens is 394 g/mol. The number of nitrogens with one attached hydrogen (secondary N) is 1. The van der Waals surface area contributed by atoms with Gasteiger partial charge in [0.1, 0.15) is 17.1 Å². The number of methoxy groups -OCH3 is 1. The van der Waals surface area contributed by atoms with Crippen molar-refractivity contribution in [3.05, 3.63) is 88.0 Å². The normalized spacial score (nSPS) is 16.6. The fourth-order valence-electron chi connectivity index (χ4n) is 5.06. The number of benzene rings is 3. The molecule has 3 nitrogen and oxygen atoms in total. The lowest BCUT2D eigenvalue weighted by Gasteiger charge is -2.27. The Morgan fingerprint density at radius 2 is 1.62 bits per heavy atom. The summed E-state index contributed by atoms with van der Waals surface area (Å²) in [4.78, 5) is 0. The summed E-state index contributed by atoms with van der Waals surface area (Å²) in [5.74, 6) is 2.54. The van der Waals surface area contributed by atoms with E-state index in [2.05, 4.69) is 95.4 Å². The number of anilines is 1. The lowest BCUT2D eigenvalue weighted by molar-refractivity contribution is 0.122. The van der Waals surface area contributed by atoms with Crippen LogP contribution >= 0.6 is 0 Å². The molecule has 1 N–H and O–H groups in total. The van der Waals surface area contributed by atoms with E-state index in [9.17, 15) is 0 Å². The van der Waals surface area contributed by atoms with Gasteiger partial charge in [-0.05, 0) is 55.9 Å². The van der Waals surface area contributed by atoms with Crippen molar-refractivity contribution in [1.82, 2.24) is 0 Å². The van der Waals surface area contributed by atoms with Crippen molar-refractivity contribution in [3.63, 3.8) is 0 Å². The van der Waals surface area contributed by atoms with Crippen molar-refractivity contribution >= 4 is 5.69 Å². The van der Waals surface area contributed by atoms with E-state index in [0.29, 0.717) is 5.92 Å². The van der Waals surface area contributed by atoms with Gasteiger partial charge in [-0.15, -0.1) is 0 Å². The van der Waals surface area contributed by atoms with Crippen LogP contribution < -0.4 is 14.8 Å². The SMILES string of the molecule is COc1c(C)c(NCc2ccccc2)c2c(c1C)C(c1ccc(C(C)C)cc1)C(C)(C)O2. The molecule has 1 unspecified atom stereocenters. The van der Waals surface area contributed by atoms with Crippen LogP contribution in [0.15, 0.2) is 54.6 Å². The Kier molecular flexibility index (Phi) is 5.94. The van der Waals surface area contributed by atoms with Crippen LogP contribution in [0.4, 0.5) is 5.69 Å². The zero-order valence-corrected chi connectivity index (χ0v) is 20.4. The first kappa shape index (κ1) is 22.3. The van der Waals surface area contributed by atoms with E-state index in [1.54, 1.807) is 7.11 Å². The second-order valence-corrected chi connectivity index (χ2v) is 9.70. The lowest BCUT2D eigenvalue weighted by atomic mass is 9.78. The highest BCUT2D eigenvalue weighted by Crippen LogP contribution is 2.56. The number of ether oxygens (including phenoxy) is 2. The number of rotatable bonds is 6. The fourth-order valence-corrected chi connectivity index (χ4v) is 5.06. The number of fused-ring (bicyclic) bond motifs is 1. The van der Waals surface area contributed by atoms with E-state index in [4.69, 9.17) is 9.47 Å². The summed E-state index contributed by atoms with van der Waals surface area (Å²) >= 11 is 0. The van der Waals surface area contributed by atoms with Gasteiger partial charge in [0, 0.05) is 17.7 Å². The predicted molar refractivity (Wildman–Crippen MR) is 133 cm³/mol. The Bertz CT molecular complexity index is 1100. The Morgan fingerprint density at radius 1 is 0.969 bits per heavy atom. The van der Waals surface area contributed by atoms with Crippen LogP contribution in [-0.2, 0) is 6.54 Å². The zero-order valence-electron chi connectivity index (χ0n) is 20.4. The molecule has 1 atom stereocenters. The van der Waals surface area contributed by atoms with Crippen LogP contribution in [0.2, 0.25) is 0 Å². The molecular formula is C29H35NO2. The van der Waals surface area contributed by atoms with Crippen molar-refractivity contribution in [2.75, 3.05) is 12.4 Å². The quantitative estimate of drug-likeness (QED) is 0.444. The van der Waals surface area contributed by atoms with Crippen LogP contribution in [-0.4, -0.2) is 12.7 Å². The molecule has 0 bridgehead atoms. The minimum absolute atomic E-state index is 0.130. The third kappa shape index (κ3) is 3.85. The smallest absolute Gasteiger partial charge is 0.148 e. The molecule has 168 valence electrons. The van der Waals surface area contributed by atoms with Gasteiger partial charge in [-0.25, -0.2) is 0 Å². The zero-order chi connectivity index (χ0) is 23.0. The summed E-state index contributed by atoms with van der Waals surface area (Å²) in [5.41, 5.74) is 8.01. The molecule has 0 spiro atoms. The molecule has 0 aromatic heterocycles. The van der Waals surface area contributed by atoms with Crippen LogP contribution in [0.3, 0.4) is 0 Å². The molecule has 0 fully saturated rings. The highest BCUT2D eigenvalue weighted by atomic mass is 16.5. The molecule has 32 heavy (non-hydrogen) atoms. The minimum Gasteiger partial charge on any atom is -0.496 e. The number of hydrogen-bond acceptors (Lipinski definition) is 3. The van der Waals surface area contributed by atoms with Crippen LogP contribution in [0.5, 0.6) is 11.5 Å². The Labute approximate surface area is 192 Å². The molecule has 0 saturated heterocycles. The van der Waals surface area contributed by atoms with E-state index in [1.807, 2.05) is 6.07 Å². The lowest BCUT2D eigenvalue weighted by Crippen LogP contribution is -2.31. The maximum atomic E-state index is 6.70. The topological polar surface area (TPSA) is 30.5 Å². The average molecular weight is 430 g/mol. The molecule has 1 aliphatic heterocycles. The van der Waals surface area contributed by atoms with Gasteiger partial charge in [-0.2, -0.15) is 0 Å². The maximum absolute atomic E-state index is 6.70. The van der Waals surface area contributed by atoms with Crippen molar-refractivity contribution in [1.29, 1.82) is 0 Å².